The number of carbonyl (C=O) groups is 1. The normalized spacial score (nSPS) is 19.8. The van der Waals surface area contributed by atoms with E-state index in [0.29, 0.717) is 11.9 Å². The topological polar surface area (TPSA) is 103 Å². The highest BCUT2D eigenvalue weighted by Crippen LogP contribution is 2.36. The number of nitrogens with one attached hydrogen (secondary N) is 2. The first-order valence-electron chi connectivity index (χ1n) is 12.8. The molecule has 0 radical (unpaired) electrons. The maximum atomic E-state index is 13.4. The van der Waals surface area contributed by atoms with Gasteiger partial charge in [-0.1, -0.05) is 12.8 Å². The van der Waals surface area contributed by atoms with E-state index in [4.69, 9.17) is 9.97 Å². The van der Waals surface area contributed by atoms with Crippen molar-refractivity contribution in [2.45, 2.75) is 69.7 Å². The number of aromatic amines is 1. The largest absolute Gasteiger partial charge is 0.329 e. The SMILES string of the molecule is CN(C(=O)[C@@H]1CCCN1c1nc2c(c(Nc3cc(C4CCCC4)[nH]n3)n1)CCC2)c1cccnc1. The van der Waals surface area contributed by atoms with Crippen molar-refractivity contribution in [2.75, 3.05) is 28.7 Å². The molecule has 2 fully saturated rings. The number of pyridine rings is 1. The zero-order valence-corrected chi connectivity index (χ0v) is 20.2. The van der Waals surface area contributed by atoms with Gasteiger partial charge in [0.1, 0.15) is 11.9 Å². The van der Waals surface area contributed by atoms with Gasteiger partial charge in [0.15, 0.2) is 5.82 Å². The molecule has 1 saturated heterocycles. The molecule has 9 nitrogen and oxygen atoms in total. The lowest BCUT2D eigenvalue weighted by Crippen LogP contribution is -2.45. The Morgan fingerprint density at radius 1 is 1.14 bits per heavy atom. The number of aryl methyl sites for hydroxylation is 1. The van der Waals surface area contributed by atoms with Gasteiger partial charge < -0.3 is 15.1 Å². The fraction of sp³-hybridized carbons (Fsp3) is 0.500. The number of anilines is 4. The molecule has 6 rings (SSSR count). The van der Waals surface area contributed by atoms with E-state index in [1.54, 1.807) is 17.3 Å². The van der Waals surface area contributed by atoms with Crippen molar-refractivity contribution < 1.29 is 4.79 Å². The molecule has 182 valence electrons. The van der Waals surface area contributed by atoms with Gasteiger partial charge in [0.05, 0.1) is 17.6 Å². The summed E-state index contributed by atoms with van der Waals surface area (Å²) in [5.41, 5.74) is 4.26. The van der Waals surface area contributed by atoms with Crippen molar-refractivity contribution in [3.05, 3.63) is 47.5 Å². The van der Waals surface area contributed by atoms with Crippen LogP contribution in [-0.2, 0) is 17.6 Å². The van der Waals surface area contributed by atoms with Crippen LogP contribution in [-0.4, -0.2) is 50.7 Å². The number of hydrogen-bond donors (Lipinski definition) is 2. The number of carbonyl (C=O) groups excluding carboxylic acids is 1. The van der Waals surface area contributed by atoms with Gasteiger partial charge in [0, 0.05) is 43.0 Å². The van der Waals surface area contributed by atoms with Crippen LogP contribution in [0.25, 0.3) is 0 Å². The zero-order chi connectivity index (χ0) is 23.8. The van der Waals surface area contributed by atoms with Gasteiger partial charge in [-0.05, 0) is 57.1 Å². The molecule has 1 saturated carbocycles. The quantitative estimate of drug-likeness (QED) is 0.556. The maximum Gasteiger partial charge on any atom is 0.249 e. The van der Waals surface area contributed by atoms with Gasteiger partial charge in [-0.3, -0.25) is 14.9 Å². The average Bonchev–Trinajstić information content (AvgIpc) is 3.69. The van der Waals surface area contributed by atoms with Crippen LogP contribution in [0.4, 0.5) is 23.3 Å². The number of likely N-dealkylation sites (N-methyl/N-ethyl adjacent to an activating group) is 1. The zero-order valence-electron chi connectivity index (χ0n) is 20.2. The third-order valence-electron chi connectivity index (χ3n) is 7.72. The minimum Gasteiger partial charge on any atom is -0.329 e. The Bertz CT molecular complexity index is 1200. The third kappa shape index (κ3) is 4.24. The number of amides is 1. The predicted octanol–water partition coefficient (Wildman–Crippen LogP) is 4.12. The molecule has 3 aliphatic rings. The molecule has 2 aliphatic carbocycles. The summed E-state index contributed by atoms with van der Waals surface area (Å²) in [7, 11) is 1.81. The van der Waals surface area contributed by atoms with E-state index < -0.39 is 0 Å². The Hall–Kier alpha value is -3.49. The molecule has 0 aromatic carbocycles. The van der Waals surface area contributed by atoms with E-state index in [0.717, 1.165) is 61.7 Å². The summed E-state index contributed by atoms with van der Waals surface area (Å²) in [6.07, 6.45) is 13.2. The van der Waals surface area contributed by atoms with E-state index >= 15 is 0 Å². The first kappa shape index (κ1) is 22.0. The first-order chi connectivity index (χ1) is 17.2. The van der Waals surface area contributed by atoms with Crippen LogP contribution in [0.2, 0.25) is 0 Å². The van der Waals surface area contributed by atoms with E-state index in [-0.39, 0.29) is 11.9 Å². The van der Waals surface area contributed by atoms with Crippen molar-refractivity contribution >= 4 is 29.2 Å². The summed E-state index contributed by atoms with van der Waals surface area (Å²) in [5, 5.41) is 11.2. The number of fused-ring (bicyclic) bond motifs is 1. The summed E-state index contributed by atoms with van der Waals surface area (Å²) in [4.78, 5) is 31.3. The molecular formula is C26H32N8O. The van der Waals surface area contributed by atoms with Crippen LogP contribution in [0.5, 0.6) is 0 Å². The summed E-state index contributed by atoms with van der Waals surface area (Å²) in [6.45, 7) is 0.768. The van der Waals surface area contributed by atoms with E-state index in [1.165, 1.54) is 36.9 Å². The Labute approximate surface area is 205 Å². The third-order valence-corrected chi connectivity index (χ3v) is 7.72. The smallest absolute Gasteiger partial charge is 0.249 e. The van der Waals surface area contributed by atoms with Gasteiger partial charge in [0.2, 0.25) is 11.9 Å². The highest BCUT2D eigenvalue weighted by atomic mass is 16.2. The maximum absolute atomic E-state index is 13.4. The Kier molecular flexibility index (Phi) is 5.83. The molecule has 9 heteroatoms. The molecular weight excluding hydrogens is 440 g/mol. The number of nitrogens with zero attached hydrogens (tertiary/aromatic N) is 6. The van der Waals surface area contributed by atoms with Crippen molar-refractivity contribution in [1.29, 1.82) is 0 Å². The van der Waals surface area contributed by atoms with Crippen LogP contribution in [0.1, 0.15) is 67.8 Å². The predicted molar refractivity (Wildman–Crippen MR) is 135 cm³/mol. The molecule has 1 amide bonds. The average molecular weight is 473 g/mol. The molecule has 4 heterocycles. The van der Waals surface area contributed by atoms with Crippen molar-refractivity contribution in [2.24, 2.45) is 0 Å². The van der Waals surface area contributed by atoms with Crippen LogP contribution >= 0.6 is 0 Å². The summed E-state index contributed by atoms with van der Waals surface area (Å²) in [5.74, 6) is 2.89. The van der Waals surface area contributed by atoms with Crippen LogP contribution < -0.4 is 15.1 Å². The lowest BCUT2D eigenvalue weighted by molar-refractivity contribution is -0.119. The number of rotatable bonds is 6. The Morgan fingerprint density at radius 3 is 2.86 bits per heavy atom. The molecule has 1 atom stereocenters. The molecule has 0 unspecified atom stereocenters. The molecule has 35 heavy (non-hydrogen) atoms. The number of aromatic nitrogens is 5. The van der Waals surface area contributed by atoms with Crippen molar-refractivity contribution in [1.82, 2.24) is 25.1 Å². The second kappa shape index (κ2) is 9.28. The second-order valence-corrected chi connectivity index (χ2v) is 9.93. The lowest BCUT2D eigenvalue weighted by atomic mass is 10.0. The molecule has 2 N–H and O–H groups in total. The van der Waals surface area contributed by atoms with E-state index in [2.05, 4.69) is 31.5 Å². The van der Waals surface area contributed by atoms with Crippen molar-refractivity contribution in [3.8, 4) is 0 Å². The van der Waals surface area contributed by atoms with Gasteiger partial charge in [-0.15, -0.1) is 0 Å². The van der Waals surface area contributed by atoms with Crippen LogP contribution in [0.3, 0.4) is 0 Å². The van der Waals surface area contributed by atoms with Gasteiger partial charge >= 0.3 is 0 Å². The molecule has 0 spiro atoms. The Balaban J connectivity index is 1.26. The van der Waals surface area contributed by atoms with Crippen LogP contribution in [0.15, 0.2) is 30.6 Å². The fourth-order valence-electron chi connectivity index (χ4n) is 5.78. The van der Waals surface area contributed by atoms with Gasteiger partial charge in [-0.2, -0.15) is 10.1 Å². The van der Waals surface area contributed by atoms with Crippen LogP contribution in [0, 0.1) is 0 Å². The number of hydrogen-bond acceptors (Lipinski definition) is 7. The molecule has 3 aromatic heterocycles. The van der Waals surface area contributed by atoms with E-state index in [9.17, 15) is 4.79 Å². The molecule has 1 aliphatic heterocycles. The second-order valence-electron chi connectivity index (χ2n) is 9.93. The summed E-state index contributed by atoms with van der Waals surface area (Å²) in [6, 6.07) is 5.60. The van der Waals surface area contributed by atoms with Gasteiger partial charge in [0.25, 0.3) is 0 Å². The minimum absolute atomic E-state index is 0.0441. The highest BCUT2D eigenvalue weighted by Gasteiger charge is 2.36. The fourth-order valence-corrected chi connectivity index (χ4v) is 5.78. The molecule has 3 aromatic rings. The summed E-state index contributed by atoms with van der Waals surface area (Å²) < 4.78 is 0. The monoisotopic (exact) mass is 472 g/mol. The first-order valence-corrected chi connectivity index (χ1v) is 12.8. The Morgan fingerprint density at radius 2 is 2.03 bits per heavy atom. The highest BCUT2D eigenvalue weighted by molar-refractivity contribution is 5.98. The molecule has 0 bridgehead atoms. The lowest BCUT2D eigenvalue weighted by Gasteiger charge is -2.28. The summed E-state index contributed by atoms with van der Waals surface area (Å²) >= 11 is 0. The van der Waals surface area contributed by atoms with E-state index in [1.807, 2.05) is 19.2 Å². The minimum atomic E-state index is -0.285. The number of H-pyrrole nitrogens is 1. The van der Waals surface area contributed by atoms with Gasteiger partial charge in [-0.25, -0.2) is 4.98 Å². The standard InChI is InChI=1S/C26H32N8O/c1-33(18-9-5-13-27-16-18)25(35)22-12-6-14-34(22)26-28-20-11-4-10-19(20)24(30-26)29-23-15-21(31-32-23)17-7-2-3-8-17/h5,9,13,15-17,22H,2-4,6-8,10-12,14H2,1H3,(H2,28,29,30,31,32)/t22-/m0/s1. The van der Waals surface area contributed by atoms with Crippen molar-refractivity contribution in [3.63, 3.8) is 0 Å².